The number of methoxy groups -OCH3 is 1. The number of hydrogen-bond acceptors (Lipinski definition) is 4. The number of ether oxygens (including phenoxy) is 1. The summed E-state index contributed by atoms with van der Waals surface area (Å²) in [5.41, 5.74) is 1.64. The Hall–Kier alpha value is -2.25. The maximum Gasteiger partial charge on any atom is 0.242 e. The molecule has 6 nitrogen and oxygen atoms in total. The largest absolute Gasteiger partial charge is 0.383 e. The highest BCUT2D eigenvalue weighted by molar-refractivity contribution is 5.83. The summed E-state index contributed by atoms with van der Waals surface area (Å²) in [7, 11) is 5.27. The number of likely N-dealkylation sites (N-methyl/N-ethyl adjacent to an activating group) is 1. The second-order valence-electron chi connectivity index (χ2n) is 5.71. The number of amides is 1. The van der Waals surface area contributed by atoms with Crippen molar-refractivity contribution in [2.45, 2.75) is 19.1 Å². The van der Waals surface area contributed by atoms with Crippen molar-refractivity contribution in [2.24, 2.45) is 0 Å². The maximum atomic E-state index is 13.1. The predicted octanol–water partition coefficient (Wildman–Crippen LogP) is 1.59. The Morgan fingerprint density at radius 3 is 2.71 bits per heavy atom. The van der Waals surface area contributed by atoms with Gasteiger partial charge in [-0.25, -0.2) is 9.37 Å². The van der Waals surface area contributed by atoms with Crippen LogP contribution in [0.25, 0.3) is 0 Å². The summed E-state index contributed by atoms with van der Waals surface area (Å²) in [5, 5.41) is 2.92. The minimum atomic E-state index is -0.485. The van der Waals surface area contributed by atoms with Crippen molar-refractivity contribution in [3.05, 3.63) is 53.9 Å². The third-order valence-electron chi connectivity index (χ3n) is 3.73. The molecule has 0 aliphatic heterocycles. The molecule has 0 saturated heterocycles. The molecule has 0 spiro atoms. The molecular weight excluding hydrogens is 311 g/mol. The summed E-state index contributed by atoms with van der Waals surface area (Å²) in [6.07, 6.45) is 3.43. The fourth-order valence-electron chi connectivity index (χ4n) is 2.49. The zero-order valence-electron chi connectivity index (χ0n) is 14.2. The second-order valence-corrected chi connectivity index (χ2v) is 5.71. The van der Waals surface area contributed by atoms with Crippen LogP contribution in [-0.4, -0.2) is 48.2 Å². The zero-order valence-corrected chi connectivity index (χ0v) is 14.2. The number of nitrogens with zero attached hydrogens (tertiary/aromatic N) is 3. The van der Waals surface area contributed by atoms with Crippen LogP contribution in [0.3, 0.4) is 0 Å². The molecule has 1 atom stereocenters. The highest BCUT2D eigenvalue weighted by Gasteiger charge is 2.22. The zero-order chi connectivity index (χ0) is 17.5. The second kappa shape index (κ2) is 8.56. The van der Waals surface area contributed by atoms with Crippen molar-refractivity contribution in [3.8, 4) is 0 Å². The van der Waals surface area contributed by atoms with E-state index in [2.05, 4.69) is 10.3 Å². The molecule has 0 bridgehead atoms. The standard InChI is InChI=1S/C17H23FN4O2/c1-21(2)16(13-4-6-14(18)7-5-13)17(23)20-11-15-10-19-12-22(15)8-9-24-3/h4-7,10,12,16H,8-9,11H2,1-3H3,(H,20,23)/t16-/m1/s1. The first-order valence-corrected chi connectivity index (χ1v) is 7.70. The molecule has 0 aliphatic carbocycles. The van der Waals surface area contributed by atoms with Gasteiger partial charge in [-0.1, -0.05) is 12.1 Å². The minimum Gasteiger partial charge on any atom is -0.383 e. The highest BCUT2D eigenvalue weighted by atomic mass is 19.1. The Morgan fingerprint density at radius 1 is 1.38 bits per heavy atom. The van der Waals surface area contributed by atoms with Crippen LogP contribution in [-0.2, 0) is 22.6 Å². The minimum absolute atomic E-state index is 0.147. The van der Waals surface area contributed by atoms with Crippen molar-refractivity contribution in [3.63, 3.8) is 0 Å². The number of halogens is 1. The van der Waals surface area contributed by atoms with Crippen LogP contribution in [0.5, 0.6) is 0 Å². The summed E-state index contributed by atoms with van der Waals surface area (Å²) in [4.78, 5) is 18.5. The van der Waals surface area contributed by atoms with Crippen LogP contribution >= 0.6 is 0 Å². The van der Waals surface area contributed by atoms with Crippen molar-refractivity contribution in [2.75, 3.05) is 27.8 Å². The summed E-state index contributed by atoms with van der Waals surface area (Å²) >= 11 is 0. The molecule has 1 aromatic heterocycles. The normalized spacial score (nSPS) is 12.4. The van der Waals surface area contributed by atoms with Crippen molar-refractivity contribution < 1.29 is 13.9 Å². The fourth-order valence-corrected chi connectivity index (χ4v) is 2.49. The van der Waals surface area contributed by atoms with E-state index in [1.54, 1.807) is 36.7 Å². The summed E-state index contributed by atoms with van der Waals surface area (Å²) in [6, 6.07) is 5.49. The Balaban J connectivity index is 2.04. The molecule has 0 aliphatic rings. The molecule has 1 amide bonds. The topological polar surface area (TPSA) is 59.4 Å². The molecule has 1 N–H and O–H groups in total. The SMILES string of the molecule is COCCn1cncc1CNC(=O)[C@@H](c1ccc(F)cc1)N(C)C. The number of aromatic nitrogens is 2. The molecule has 24 heavy (non-hydrogen) atoms. The predicted molar refractivity (Wildman–Crippen MR) is 88.8 cm³/mol. The van der Waals surface area contributed by atoms with Crippen LogP contribution in [0.4, 0.5) is 4.39 Å². The Bertz CT molecular complexity index is 655. The Labute approximate surface area is 141 Å². The van der Waals surface area contributed by atoms with Crippen LogP contribution in [0.2, 0.25) is 0 Å². The third-order valence-corrected chi connectivity index (χ3v) is 3.73. The van der Waals surface area contributed by atoms with Gasteiger partial charge in [-0.05, 0) is 31.8 Å². The van der Waals surface area contributed by atoms with Crippen molar-refractivity contribution in [1.82, 2.24) is 19.8 Å². The Morgan fingerprint density at radius 2 is 2.08 bits per heavy atom. The summed E-state index contributed by atoms with van der Waals surface area (Å²) in [5.74, 6) is -0.468. The van der Waals surface area contributed by atoms with E-state index in [1.165, 1.54) is 12.1 Å². The van der Waals surface area contributed by atoms with Gasteiger partial charge in [0.25, 0.3) is 0 Å². The van der Waals surface area contributed by atoms with Gasteiger partial charge in [0.05, 0.1) is 25.2 Å². The van der Waals surface area contributed by atoms with E-state index in [0.29, 0.717) is 19.7 Å². The quantitative estimate of drug-likeness (QED) is 0.796. The lowest BCUT2D eigenvalue weighted by molar-refractivity contribution is -0.126. The van der Waals surface area contributed by atoms with E-state index in [4.69, 9.17) is 4.74 Å². The van der Waals surface area contributed by atoms with Crippen LogP contribution < -0.4 is 5.32 Å². The van der Waals surface area contributed by atoms with Crippen LogP contribution in [0.15, 0.2) is 36.8 Å². The molecule has 0 unspecified atom stereocenters. The van der Waals surface area contributed by atoms with Gasteiger partial charge in [-0.2, -0.15) is 0 Å². The Kier molecular flexibility index (Phi) is 6.45. The number of carbonyl (C=O) groups is 1. The van der Waals surface area contributed by atoms with Gasteiger partial charge < -0.3 is 14.6 Å². The number of benzene rings is 1. The first-order chi connectivity index (χ1) is 11.5. The number of hydrogen-bond donors (Lipinski definition) is 1. The monoisotopic (exact) mass is 334 g/mol. The molecule has 1 heterocycles. The van der Waals surface area contributed by atoms with Gasteiger partial charge in [0.15, 0.2) is 0 Å². The molecule has 0 saturated carbocycles. The van der Waals surface area contributed by atoms with E-state index in [1.807, 2.05) is 18.7 Å². The average molecular weight is 334 g/mol. The van der Waals surface area contributed by atoms with Crippen LogP contribution in [0.1, 0.15) is 17.3 Å². The molecule has 0 radical (unpaired) electrons. The first-order valence-electron chi connectivity index (χ1n) is 7.70. The van der Waals surface area contributed by atoms with Gasteiger partial charge in [-0.15, -0.1) is 0 Å². The summed E-state index contributed by atoms with van der Waals surface area (Å²) in [6.45, 7) is 1.62. The first kappa shape index (κ1) is 18.1. The molecule has 130 valence electrons. The van der Waals surface area contributed by atoms with E-state index < -0.39 is 6.04 Å². The van der Waals surface area contributed by atoms with Gasteiger partial charge in [0, 0.05) is 19.9 Å². The smallest absolute Gasteiger partial charge is 0.242 e. The third kappa shape index (κ3) is 4.62. The van der Waals surface area contributed by atoms with Gasteiger partial charge in [-0.3, -0.25) is 9.69 Å². The molecule has 2 aromatic rings. The van der Waals surface area contributed by atoms with Gasteiger partial charge in [0.1, 0.15) is 11.9 Å². The number of rotatable bonds is 8. The summed E-state index contributed by atoms with van der Waals surface area (Å²) < 4.78 is 20.1. The molecule has 2 rings (SSSR count). The molecule has 0 fully saturated rings. The molecular formula is C17H23FN4O2. The lowest BCUT2D eigenvalue weighted by Gasteiger charge is -2.24. The maximum absolute atomic E-state index is 13.1. The van der Waals surface area contributed by atoms with Crippen molar-refractivity contribution >= 4 is 5.91 Å². The van der Waals surface area contributed by atoms with E-state index >= 15 is 0 Å². The van der Waals surface area contributed by atoms with Gasteiger partial charge >= 0.3 is 0 Å². The lowest BCUT2D eigenvalue weighted by atomic mass is 10.1. The molecule has 7 heteroatoms. The average Bonchev–Trinajstić information content (AvgIpc) is 3.00. The van der Waals surface area contributed by atoms with Crippen molar-refractivity contribution in [1.29, 1.82) is 0 Å². The van der Waals surface area contributed by atoms with E-state index in [9.17, 15) is 9.18 Å². The van der Waals surface area contributed by atoms with E-state index in [-0.39, 0.29) is 11.7 Å². The number of carbonyl (C=O) groups excluding carboxylic acids is 1. The lowest BCUT2D eigenvalue weighted by Crippen LogP contribution is -2.37. The highest BCUT2D eigenvalue weighted by Crippen LogP contribution is 2.19. The van der Waals surface area contributed by atoms with E-state index in [0.717, 1.165) is 11.3 Å². The fraction of sp³-hybridized carbons (Fsp3) is 0.412. The molecule has 1 aromatic carbocycles. The van der Waals surface area contributed by atoms with Gasteiger partial charge in [0.2, 0.25) is 5.91 Å². The number of imidazole rings is 1. The van der Waals surface area contributed by atoms with Crippen LogP contribution in [0, 0.1) is 5.82 Å². The number of nitrogens with one attached hydrogen (secondary N) is 1.